The number of carbonyl (C=O) groups excluding carboxylic acids is 1. The molecule has 1 heterocycles. The lowest BCUT2D eigenvalue weighted by Crippen LogP contribution is -2.01. The Morgan fingerprint density at radius 1 is 1.50 bits per heavy atom. The molecule has 2 rings (SSSR count). The Kier molecular flexibility index (Phi) is 2.61. The largest absolute Gasteiger partial charge is 0.293 e. The lowest BCUT2D eigenvalue weighted by molar-refractivity contribution is 0.0994. The first-order chi connectivity index (χ1) is 7.72. The third-order valence-corrected chi connectivity index (χ3v) is 2.23. The van der Waals surface area contributed by atoms with Crippen molar-refractivity contribution >= 4 is 16.7 Å². The summed E-state index contributed by atoms with van der Waals surface area (Å²) < 4.78 is 13.5. The van der Waals surface area contributed by atoms with Gasteiger partial charge in [0, 0.05) is 17.6 Å². The van der Waals surface area contributed by atoms with Crippen molar-refractivity contribution in [1.29, 1.82) is 5.26 Å². The Hall–Kier alpha value is -2.28. The summed E-state index contributed by atoms with van der Waals surface area (Å²) in [5.41, 5.74) is 0.440. The maximum atomic E-state index is 13.5. The van der Waals surface area contributed by atoms with Crippen LogP contribution in [0.2, 0.25) is 0 Å². The Bertz CT molecular complexity index is 601. The van der Waals surface area contributed by atoms with E-state index >= 15 is 0 Å². The summed E-state index contributed by atoms with van der Waals surface area (Å²) in [7, 11) is 0. The Balaban J connectivity index is 2.59. The molecule has 0 N–H and O–H groups in total. The van der Waals surface area contributed by atoms with Crippen molar-refractivity contribution in [2.45, 2.75) is 6.42 Å². The minimum atomic E-state index is -0.633. The van der Waals surface area contributed by atoms with Crippen LogP contribution >= 0.6 is 0 Å². The van der Waals surface area contributed by atoms with E-state index in [1.165, 1.54) is 12.1 Å². The van der Waals surface area contributed by atoms with Crippen molar-refractivity contribution < 1.29 is 9.18 Å². The number of nitrogens with zero attached hydrogens (tertiary/aromatic N) is 2. The highest BCUT2D eigenvalue weighted by atomic mass is 19.1. The number of carbonyl (C=O) groups is 1. The van der Waals surface area contributed by atoms with Gasteiger partial charge in [0.2, 0.25) is 0 Å². The fourth-order valence-electron chi connectivity index (χ4n) is 1.48. The zero-order chi connectivity index (χ0) is 11.5. The van der Waals surface area contributed by atoms with Gasteiger partial charge in [-0.1, -0.05) is 6.07 Å². The molecular weight excluding hydrogens is 207 g/mol. The molecule has 2 aromatic rings. The van der Waals surface area contributed by atoms with Crippen LogP contribution in [-0.2, 0) is 0 Å². The first-order valence-corrected chi connectivity index (χ1v) is 4.67. The average molecular weight is 214 g/mol. The van der Waals surface area contributed by atoms with Gasteiger partial charge in [-0.2, -0.15) is 5.26 Å². The van der Waals surface area contributed by atoms with Crippen molar-refractivity contribution in [3.63, 3.8) is 0 Å². The Morgan fingerprint density at radius 2 is 2.31 bits per heavy atom. The SMILES string of the molecule is N#CCC(=O)c1cc2cccnc2cc1F. The summed E-state index contributed by atoms with van der Waals surface area (Å²) in [5.74, 6) is -1.14. The first kappa shape index (κ1) is 10.2. The van der Waals surface area contributed by atoms with Gasteiger partial charge in [0.05, 0.1) is 23.6 Å². The number of benzene rings is 1. The van der Waals surface area contributed by atoms with Gasteiger partial charge >= 0.3 is 0 Å². The topological polar surface area (TPSA) is 53.8 Å². The number of fused-ring (bicyclic) bond motifs is 1. The molecule has 0 saturated heterocycles. The molecule has 0 bridgehead atoms. The maximum absolute atomic E-state index is 13.5. The molecule has 0 aliphatic heterocycles. The van der Waals surface area contributed by atoms with Crippen molar-refractivity contribution in [2.75, 3.05) is 0 Å². The number of ketones is 1. The fourth-order valence-corrected chi connectivity index (χ4v) is 1.48. The van der Waals surface area contributed by atoms with E-state index in [0.717, 1.165) is 0 Å². The number of Topliss-reactive ketones (excluding diaryl/α,β-unsaturated/α-hetero) is 1. The molecule has 0 atom stereocenters. The van der Waals surface area contributed by atoms with Crippen LogP contribution in [0.25, 0.3) is 10.9 Å². The van der Waals surface area contributed by atoms with Gasteiger partial charge in [-0.3, -0.25) is 9.78 Å². The molecule has 0 spiro atoms. The molecule has 78 valence electrons. The summed E-state index contributed by atoms with van der Waals surface area (Å²) in [5, 5.41) is 9.08. The Labute approximate surface area is 91.1 Å². The van der Waals surface area contributed by atoms with Gasteiger partial charge in [0.1, 0.15) is 5.82 Å². The van der Waals surface area contributed by atoms with Crippen LogP contribution in [0.1, 0.15) is 16.8 Å². The van der Waals surface area contributed by atoms with Gasteiger partial charge in [0.25, 0.3) is 0 Å². The van der Waals surface area contributed by atoms with Crippen LogP contribution in [0.4, 0.5) is 4.39 Å². The minimum absolute atomic E-state index is 0.0537. The molecule has 1 aromatic heterocycles. The first-order valence-electron chi connectivity index (χ1n) is 4.67. The lowest BCUT2D eigenvalue weighted by Gasteiger charge is -2.02. The molecule has 3 nitrogen and oxygen atoms in total. The minimum Gasteiger partial charge on any atom is -0.293 e. The number of rotatable bonds is 2. The van der Waals surface area contributed by atoms with Crippen LogP contribution in [-0.4, -0.2) is 10.8 Å². The summed E-state index contributed by atoms with van der Waals surface area (Å²) in [4.78, 5) is 15.4. The second-order valence-corrected chi connectivity index (χ2v) is 3.29. The summed E-state index contributed by atoms with van der Waals surface area (Å²) in [6.45, 7) is 0. The Morgan fingerprint density at radius 3 is 3.06 bits per heavy atom. The molecular formula is C12H7FN2O. The highest BCUT2D eigenvalue weighted by Crippen LogP contribution is 2.18. The van der Waals surface area contributed by atoms with E-state index in [9.17, 15) is 9.18 Å². The lowest BCUT2D eigenvalue weighted by atomic mass is 10.1. The smallest absolute Gasteiger partial charge is 0.179 e. The predicted molar refractivity (Wildman–Crippen MR) is 56.3 cm³/mol. The molecule has 1 aromatic carbocycles. The maximum Gasteiger partial charge on any atom is 0.179 e. The van der Waals surface area contributed by atoms with E-state index in [1.54, 1.807) is 24.4 Å². The second-order valence-electron chi connectivity index (χ2n) is 3.29. The highest BCUT2D eigenvalue weighted by molar-refractivity contribution is 6.00. The van der Waals surface area contributed by atoms with Crippen LogP contribution in [0, 0.1) is 17.1 Å². The number of halogens is 1. The van der Waals surface area contributed by atoms with Crippen LogP contribution < -0.4 is 0 Å². The van der Waals surface area contributed by atoms with E-state index in [2.05, 4.69) is 4.98 Å². The molecule has 0 amide bonds. The molecule has 0 aliphatic carbocycles. The zero-order valence-electron chi connectivity index (χ0n) is 8.27. The van der Waals surface area contributed by atoms with Gasteiger partial charge in [0.15, 0.2) is 5.78 Å². The molecule has 0 aliphatic rings. The molecule has 0 radical (unpaired) electrons. The highest BCUT2D eigenvalue weighted by Gasteiger charge is 2.12. The normalized spacial score (nSPS) is 10.0. The number of pyridine rings is 1. The molecule has 0 fully saturated rings. The van der Waals surface area contributed by atoms with Crippen LogP contribution in [0.5, 0.6) is 0 Å². The van der Waals surface area contributed by atoms with Crippen LogP contribution in [0.15, 0.2) is 30.5 Å². The van der Waals surface area contributed by atoms with Gasteiger partial charge in [-0.25, -0.2) is 4.39 Å². The molecule has 16 heavy (non-hydrogen) atoms. The average Bonchev–Trinajstić information content (AvgIpc) is 2.28. The van der Waals surface area contributed by atoms with Crippen molar-refractivity contribution in [2.24, 2.45) is 0 Å². The third-order valence-electron chi connectivity index (χ3n) is 2.23. The quantitative estimate of drug-likeness (QED) is 0.721. The summed E-state index contributed by atoms with van der Waals surface area (Å²) in [6.07, 6.45) is 1.24. The van der Waals surface area contributed by atoms with E-state index in [-0.39, 0.29) is 12.0 Å². The van der Waals surface area contributed by atoms with Crippen LogP contribution in [0.3, 0.4) is 0 Å². The predicted octanol–water partition coefficient (Wildman–Crippen LogP) is 2.47. The summed E-state index contributed by atoms with van der Waals surface area (Å²) >= 11 is 0. The zero-order valence-corrected chi connectivity index (χ0v) is 8.27. The van der Waals surface area contributed by atoms with E-state index in [1.807, 2.05) is 0 Å². The van der Waals surface area contributed by atoms with E-state index in [4.69, 9.17) is 5.26 Å². The number of nitriles is 1. The molecule has 4 heteroatoms. The van der Waals surface area contributed by atoms with Crippen molar-refractivity contribution in [3.05, 3.63) is 41.8 Å². The number of hydrogen-bond acceptors (Lipinski definition) is 3. The molecule has 0 saturated carbocycles. The second kappa shape index (κ2) is 4.07. The monoisotopic (exact) mass is 214 g/mol. The van der Waals surface area contributed by atoms with Gasteiger partial charge in [-0.05, 0) is 12.1 Å². The third kappa shape index (κ3) is 1.75. The van der Waals surface area contributed by atoms with Gasteiger partial charge in [-0.15, -0.1) is 0 Å². The van der Waals surface area contributed by atoms with Crippen molar-refractivity contribution in [1.82, 2.24) is 4.98 Å². The number of hydrogen-bond donors (Lipinski definition) is 0. The number of aromatic nitrogens is 1. The van der Waals surface area contributed by atoms with Gasteiger partial charge < -0.3 is 0 Å². The molecule has 0 unspecified atom stereocenters. The van der Waals surface area contributed by atoms with E-state index < -0.39 is 11.6 Å². The standard InChI is InChI=1S/C12H7FN2O/c13-10-7-11-8(2-1-5-15-11)6-9(10)12(16)3-4-14/h1-2,5-7H,3H2. The summed E-state index contributed by atoms with van der Waals surface area (Å²) in [6, 6.07) is 7.79. The fraction of sp³-hybridized carbons (Fsp3) is 0.0833. The van der Waals surface area contributed by atoms with E-state index in [0.29, 0.717) is 10.9 Å². The van der Waals surface area contributed by atoms with Crippen molar-refractivity contribution in [3.8, 4) is 6.07 Å².